The van der Waals surface area contributed by atoms with E-state index in [0.29, 0.717) is 51.7 Å². The van der Waals surface area contributed by atoms with Crippen LogP contribution in [0.4, 0.5) is 13.2 Å². The molecule has 0 aliphatic heterocycles. The lowest BCUT2D eigenvalue weighted by atomic mass is 9.59. The highest BCUT2D eigenvalue weighted by Gasteiger charge is 2.50. The van der Waals surface area contributed by atoms with Gasteiger partial charge >= 0.3 is 6.18 Å². The molecular formula is C32H29Cl2F3N2O3. The Kier molecular flexibility index (Phi) is 6.95. The van der Waals surface area contributed by atoms with E-state index in [0.717, 1.165) is 68.8 Å². The predicted octanol–water partition coefficient (Wildman–Crippen LogP) is 9.78. The summed E-state index contributed by atoms with van der Waals surface area (Å²) < 4.78 is 59.3. The first kappa shape index (κ1) is 28.0. The van der Waals surface area contributed by atoms with Crippen molar-refractivity contribution in [3.8, 4) is 17.0 Å². The molecule has 0 saturated heterocycles. The summed E-state index contributed by atoms with van der Waals surface area (Å²) in [4.78, 5) is 4.08. The summed E-state index contributed by atoms with van der Waals surface area (Å²) in [6, 6.07) is 11.2. The highest BCUT2D eigenvalue weighted by Crippen LogP contribution is 2.55. The van der Waals surface area contributed by atoms with Gasteiger partial charge in [0.2, 0.25) is 0 Å². The molecule has 0 amide bonds. The van der Waals surface area contributed by atoms with Crippen LogP contribution in [-0.2, 0) is 17.5 Å². The van der Waals surface area contributed by atoms with E-state index < -0.39 is 11.7 Å². The quantitative estimate of drug-likeness (QED) is 0.197. The van der Waals surface area contributed by atoms with Crippen LogP contribution in [0, 0.1) is 5.41 Å². The Balaban J connectivity index is 1.04. The zero-order chi connectivity index (χ0) is 29.1. The molecule has 4 fully saturated rings. The summed E-state index contributed by atoms with van der Waals surface area (Å²) in [5, 5.41) is 5.49. The van der Waals surface area contributed by atoms with Gasteiger partial charge in [0, 0.05) is 34.0 Å². The van der Waals surface area contributed by atoms with Crippen LogP contribution >= 0.6 is 23.2 Å². The Hall–Kier alpha value is -2.81. The molecule has 220 valence electrons. The van der Waals surface area contributed by atoms with E-state index in [-0.39, 0.29) is 16.4 Å². The van der Waals surface area contributed by atoms with E-state index in [1.54, 1.807) is 24.3 Å². The summed E-state index contributed by atoms with van der Waals surface area (Å²) in [5.41, 5.74) is 1.58. The van der Waals surface area contributed by atoms with Gasteiger partial charge in [-0.05, 0) is 87.8 Å². The number of pyridine rings is 1. The van der Waals surface area contributed by atoms with Crippen molar-refractivity contribution in [3.05, 3.63) is 75.6 Å². The van der Waals surface area contributed by atoms with Gasteiger partial charge in [0.25, 0.3) is 0 Å². The molecule has 4 aromatic rings. The Morgan fingerprint density at radius 3 is 2.33 bits per heavy atom. The number of hydrogen-bond acceptors (Lipinski definition) is 5. The molecule has 8 rings (SSSR count). The SMILES string of the molecule is FC(F)(F)c1ccnc2ccc(OCC34CCC(OCc5c(-c6c(Cl)cccc6Cl)noc5C5CC5)(CC3)CC4)cc12. The van der Waals surface area contributed by atoms with Crippen LogP contribution in [0.3, 0.4) is 0 Å². The van der Waals surface area contributed by atoms with Crippen LogP contribution in [0.15, 0.2) is 53.2 Å². The molecule has 0 radical (unpaired) electrons. The molecule has 4 aliphatic carbocycles. The number of aromatic nitrogens is 2. The normalized spacial score (nSPS) is 23.9. The van der Waals surface area contributed by atoms with Crippen LogP contribution in [0.2, 0.25) is 10.0 Å². The highest BCUT2D eigenvalue weighted by atomic mass is 35.5. The van der Waals surface area contributed by atoms with E-state index in [9.17, 15) is 13.2 Å². The molecule has 2 aromatic heterocycles. The number of benzene rings is 2. The van der Waals surface area contributed by atoms with Gasteiger partial charge in [0.05, 0.1) is 39.9 Å². The average Bonchev–Trinajstić information content (AvgIpc) is 3.75. The number of fused-ring (bicyclic) bond motifs is 4. The lowest BCUT2D eigenvalue weighted by molar-refractivity contribution is -0.150. The average molecular weight is 617 g/mol. The van der Waals surface area contributed by atoms with Crippen LogP contribution in [-0.4, -0.2) is 22.3 Å². The third kappa shape index (κ3) is 5.16. The van der Waals surface area contributed by atoms with E-state index in [1.807, 2.05) is 6.07 Å². The minimum absolute atomic E-state index is 0.0194. The molecule has 2 bridgehead atoms. The van der Waals surface area contributed by atoms with Crippen molar-refractivity contribution in [2.24, 2.45) is 5.41 Å². The van der Waals surface area contributed by atoms with Crippen molar-refractivity contribution in [3.63, 3.8) is 0 Å². The minimum Gasteiger partial charge on any atom is -0.493 e. The molecule has 5 nitrogen and oxygen atoms in total. The van der Waals surface area contributed by atoms with Crippen LogP contribution < -0.4 is 4.74 Å². The monoisotopic (exact) mass is 616 g/mol. The van der Waals surface area contributed by atoms with Gasteiger partial charge in [0.15, 0.2) is 0 Å². The Bertz CT molecular complexity index is 1610. The standard InChI is InChI=1S/C32H29Cl2F3N2O3/c33-24-2-1-3-25(34)27(24)28-22(29(42-39-28)19-4-5-19)17-41-31-12-9-30(10-13-31,11-14-31)18-40-20-6-7-26-21(16-20)23(8-15-38-26)32(35,36)37/h1-3,6-8,15-16,19H,4-5,9-14,17-18H2. The van der Waals surface area contributed by atoms with Crippen LogP contribution in [0.1, 0.15) is 74.2 Å². The number of alkyl halides is 3. The third-order valence-corrected chi connectivity index (χ3v) is 10.0. The highest BCUT2D eigenvalue weighted by molar-refractivity contribution is 6.39. The van der Waals surface area contributed by atoms with Crippen molar-refractivity contribution in [2.75, 3.05) is 6.61 Å². The first-order valence-corrected chi connectivity index (χ1v) is 15.1. The van der Waals surface area contributed by atoms with Crippen molar-refractivity contribution in [1.82, 2.24) is 10.1 Å². The Morgan fingerprint density at radius 2 is 1.67 bits per heavy atom. The second-order valence-electron chi connectivity index (χ2n) is 12.0. The van der Waals surface area contributed by atoms with Crippen molar-refractivity contribution in [2.45, 2.75) is 75.7 Å². The summed E-state index contributed by atoms with van der Waals surface area (Å²) in [6.07, 6.45) is 4.32. The van der Waals surface area contributed by atoms with E-state index in [4.69, 9.17) is 37.2 Å². The first-order chi connectivity index (χ1) is 20.2. The fraction of sp³-hybridized carbons (Fsp3) is 0.438. The molecule has 4 aliphatic rings. The smallest absolute Gasteiger partial charge is 0.417 e. The van der Waals surface area contributed by atoms with Gasteiger partial charge in [0.1, 0.15) is 17.2 Å². The van der Waals surface area contributed by atoms with Crippen molar-refractivity contribution < 1.29 is 27.2 Å². The zero-order valence-electron chi connectivity index (χ0n) is 22.8. The maximum absolute atomic E-state index is 13.5. The molecule has 2 heterocycles. The molecule has 0 atom stereocenters. The van der Waals surface area contributed by atoms with Crippen molar-refractivity contribution in [1.29, 1.82) is 0 Å². The molecule has 2 aromatic carbocycles. The summed E-state index contributed by atoms with van der Waals surface area (Å²) in [5.74, 6) is 1.65. The first-order valence-electron chi connectivity index (χ1n) is 14.3. The van der Waals surface area contributed by atoms with Crippen molar-refractivity contribution >= 4 is 34.1 Å². The van der Waals surface area contributed by atoms with Gasteiger partial charge in [-0.15, -0.1) is 0 Å². The second kappa shape index (κ2) is 10.4. The molecule has 0 N–H and O–H groups in total. The Morgan fingerprint density at radius 1 is 0.952 bits per heavy atom. The topological polar surface area (TPSA) is 57.4 Å². The lowest BCUT2D eigenvalue weighted by Crippen LogP contribution is -2.49. The summed E-state index contributed by atoms with van der Waals surface area (Å²) >= 11 is 13.0. The van der Waals surface area contributed by atoms with E-state index >= 15 is 0 Å². The predicted molar refractivity (Wildman–Crippen MR) is 154 cm³/mol. The third-order valence-electron chi connectivity index (χ3n) is 9.39. The Labute approximate surface area is 251 Å². The van der Waals surface area contributed by atoms with Gasteiger partial charge < -0.3 is 14.0 Å². The molecule has 0 unspecified atom stereocenters. The van der Waals surface area contributed by atoms with Gasteiger partial charge in [-0.25, -0.2) is 0 Å². The fourth-order valence-corrected chi connectivity index (χ4v) is 7.21. The molecule has 10 heteroatoms. The van der Waals surface area contributed by atoms with E-state index in [2.05, 4.69) is 10.1 Å². The van der Waals surface area contributed by atoms with Crippen LogP contribution in [0.25, 0.3) is 22.2 Å². The number of ether oxygens (including phenoxy) is 2. The number of rotatable bonds is 8. The molecule has 0 spiro atoms. The minimum atomic E-state index is -4.46. The van der Waals surface area contributed by atoms with Gasteiger partial charge in [-0.3, -0.25) is 4.98 Å². The number of halogens is 5. The lowest BCUT2D eigenvalue weighted by Gasteiger charge is -2.52. The van der Waals surface area contributed by atoms with Gasteiger partial charge in [-0.1, -0.05) is 34.4 Å². The largest absolute Gasteiger partial charge is 0.493 e. The number of nitrogens with zero attached hydrogens (tertiary/aromatic N) is 2. The summed E-state index contributed by atoms with van der Waals surface area (Å²) in [7, 11) is 0. The maximum Gasteiger partial charge on any atom is 0.417 e. The van der Waals surface area contributed by atoms with Crippen LogP contribution in [0.5, 0.6) is 5.75 Å². The molecular weight excluding hydrogens is 588 g/mol. The molecule has 4 saturated carbocycles. The zero-order valence-corrected chi connectivity index (χ0v) is 24.3. The van der Waals surface area contributed by atoms with E-state index in [1.165, 1.54) is 12.3 Å². The fourth-order valence-electron chi connectivity index (χ4n) is 6.63. The summed E-state index contributed by atoms with van der Waals surface area (Å²) in [6.45, 7) is 0.839. The number of hydrogen-bond donors (Lipinski definition) is 0. The second-order valence-corrected chi connectivity index (χ2v) is 12.9. The molecule has 42 heavy (non-hydrogen) atoms. The van der Waals surface area contributed by atoms with Gasteiger partial charge in [-0.2, -0.15) is 13.2 Å². The maximum atomic E-state index is 13.5.